The van der Waals surface area contributed by atoms with E-state index >= 15 is 0 Å². The lowest BCUT2D eigenvalue weighted by Crippen LogP contribution is -2.40. The standard InChI is InChI=1S/C14H17NO2/c16-14(17)13-12-4-2-1-3-11(12)7-8-15(13)9-10-5-6-10/h1-4,10,13H,5-9H2,(H,16,17). The zero-order chi connectivity index (χ0) is 11.8. The summed E-state index contributed by atoms with van der Waals surface area (Å²) in [4.78, 5) is 13.6. The maximum atomic E-state index is 11.5. The first-order valence-electron chi connectivity index (χ1n) is 6.30. The van der Waals surface area contributed by atoms with Crippen molar-refractivity contribution in [2.24, 2.45) is 5.92 Å². The molecule has 0 saturated heterocycles. The lowest BCUT2D eigenvalue weighted by atomic mass is 9.92. The molecule has 3 heteroatoms. The van der Waals surface area contributed by atoms with Gasteiger partial charge in [-0.3, -0.25) is 9.69 Å². The zero-order valence-electron chi connectivity index (χ0n) is 9.80. The maximum absolute atomic E-state index is 11.5. The van der Waals surface area contributed by atoms with E-state index in [1.807, 2.05) is 18.2 Å². The molecule has 1 atom stereocenters. The van der Waals surface area contributed by atoms with Gasteiger partial charge in [-0.2, -0.15) is 0 Å². The summed E-state index contributed by atoms with van der Waals surface area (Å²) >= 11 is 0. The summed E-state index contributed by atoms with van der Waals surface area (Å²) in [6, 6.07) is 7.52. The van der Waals surface area contributed by atoms with Crippen LogP contribution in [0, 0.1) is 5.92 Å². The Morgan fingerprint density at radius 3 is 2.82 bits per heavy atom. The fourth-order valence-electron chi connectivity index (χ4n) is 2.74. The third-order valence-corrected chi connectivity index (χ3v) is 3.81. The summed E-state index contributed by atoms with van der Waals surface area (Å²) in [6.07, 6.45) is 3.52. The summed E-state index contributed by atoms with van der Waals surface area (Å²) in [5.41, 5.74) is 2.19. The van der Waals surface area contributed by atoms with Crippen molar-refractivity contribution >= 4 is 5.97 Å². The van der Waals surface area contributed by atoms with Gasteiger partial charge in [0.05, 0.1) is 0 Å². The van der Waals surface area contributed by atoms with Crippen LogP contribution in [0.5, 0.6) is 0 Å². The molecule has 0 radical (unpaired) electrons. The summed E-state index contributed by atoms with van der Waals surface area (Å²) in [7, 11) is 0. The van der Waals surface area contributed by atoms with E-state index in [-0.39, 0.29) is 0 Å². The normalized spacial score (nSPS) is 24.4. The van der Waals surface area contributed by atoms with E-state index in [4.69, 9.17) is 0 Å². The second-order valence-corrected chi connectivity index (χ2v) is 5.13. The summed E-state index contributed by atoms with van der Waals surface area (Å²) < 4.78 is 0. The number of hydrogen-bond donors (Lipinski definition) is 1. The van der Waals surface area contributed by atoms with Crippen LogP contribution in [0.25, 0.3) is 0 Å². The molecule has 1 aromatic rings. The van der Waals surface area contributed by atoms with Gasteiger partial charge in [-0.25, -0.2) is 0 Å². The van der Waals surface area contributed by atoms with Crippen molar-refractivity contribution in [2.45, 2.75) is 25.3 Å². The van der Waals surface area contributed by atoms with Crippen LogP contribution >= 0.6 is 0 Å². The number of fused-ring (bicyclic) bond motifs is 1. The molecule has 90 valence electrons. The van der Waals surface area contributed by atoms with Crippen molar-refractivity contribution in [3.8, 4) is 0 Å². The molecule has 1 fully saturated rings. The molecule has 1 aromatic carbocycles. The number of rotatable bonds is 3. The van der Waals surface area contributed by atoms with Crippen LogP contribution in [0.3, 0.4) is 0 Å². The number of carboxylic acid groups (broad SMARTS) is 1. The van der Waals surface area contributed by atoms with Gasteiger partial charge >= 0.3 is 5.97 Å². The highest BCUT2D eigenvalue weighted by Gasteiger charge is 2.35. The molecular weight excluding hydrogens is 214 g/mol. The fourth-order valence-corrected chi connectivity index (χ4v) is 2.74. The van der Waals surface area contributed by atoms with Gasteiger partial charge in [0.1, 0.15) is 6.04 Å². The average Bonchev–Trinajstić information content (AvgIpc) is 3.12. The van der Waals surface area contributed by atoms with E-state index in [0.29, 0.717) is 0 Å². The van der Waals surface area contributed by atoms with Crippen molar-refractivity contribution in [3.63, 3.8) is 0 Å². The highest BCUT2D eigenvalue weighted by Crippen LogP contribution is 2.35. The first-order chi connectivity index (χ1) is 8.25. The number of aliphatic carboxylic acids is 1. The molecule has 17 heavy (non-hydrogen) atoms. The summed E-state index contributed by atoms with van der Waals surface area (Å²) in [6.45, 7) is 1.83. The Bertz CT molecular complexity index is 440. The molecule has 1 N–H and O–H groups in total. The number of carbonyl (C=O) groups is 1. The predicted octanol–water partition coefficient (Wildman–Crippen LogP) is 2.08. The second kappa shape index (κ2) is 4.15. The predicted molar refractivity (Wildman–Crippen MR) is 64.8 cm³/mol. The van der Waals surface area contributed by atoms with Gasteiger partial charge in [0.2, 0.25) is 0 Å². The molecule has 0 amide bonds. The van der Waals surface area contributed by atoms with Crippen molar-refractivity contribution in [3.05, 3.63) is 35.4 Å². The van der Waals surface area contributed by atoms with Crippen LogP contribution in [0.2, 0.25) is 0 Å². The first kappa shape index (κ1) is 10.8. The molecule has 0 spiro atoms. The Hall–Kier alpha value is -1.35. The van der Waals surface area contributed by atoms with Gasteiger partial charge < -0.3 is 5.11 Å². The lowest BCUT2D eigenvalue weighted by Gasteiger charge is -2.34. The highest BCUT2D eigenvalue weighted by molar-refractivity contribution is 5.76. The molecule has 3 rings (SSSR count). The maximum Gasteiger partial charge on any atom is 0.325 e. The molecule has 2 aliphatic rings. The molecule has 3 nitrogen and oxygen atoms in total. The van der Waals surface area contributed by atoms with E-state index in [1.165, 1.54) is 18.4 Å². The average molecular weight is 231 g/mol. The van der Waals surface area contributed by atoms with Crippen LogP contribution in [0.4, 0.5) is 0 Å². The van der Waals surface area contributed by atoms with Gasteiger partial charge in [-0.15, -0.1) is 0 Å². The number of benzene rings is 1. The number of hydrogen-bond acceptors (Lipinski definition) is 2. The van der Waals surface area contributed by atoms with Crippen LogP contribution in [0.1, 0.15) is 30.0 Å². The summed E-state index contributed by atoms with van der Waals surface area (Å²) in [5.74, 6) is 0.0277. The van der Waals surface area contributed by atoms with Crippen molar-refractivity contribution in [2.75, 3.05) is 13.1 Å². The molecule has 0 aromatic heterocycles. The Kier molecular flexibility index (Phi) is 2.63. The molecular formula is C14H17NO2. The molecule has 1 aliphatic carbocycles. The first-order valence-corrected chi connectivity index (χ1v) is 6.30. The molecule has 1 heterocycles. The van der Waals surface area contributed by atoms with Crippen LogP contribution in [0.15, 0.2) is 24.3 Å². The third-order valence-electron chi connectivity index (χ3n) is 3.81. The monoisotopic (exact) mass is 231 g/mol. The Morgan fingerprint density at radius 1 is 1.35 bits per heavy atom. The fraction of sp³-hybridized carbons (Fsp3) is 0.500. The second-order valence-electron chi connectivity index (χ2n) is 5.13. The highest BCUT2D eigenvalue weighted by atomic mass is 16.4. The van der Waals surface area contributed by atoms with Crippen LogP contribution in [-0.2, 0) is 11.2 Å². The van der Waals surface area contributed by atoms with Gasteiger partial charge in [0.25, 0.3) is 0 Å². The minimum absolute atomic E-state index is 0.430. The Morgan fingerprint density at radius 2 is 2.12 bits per heavy atom. The van der Waals surface area contributed by atoms with Crippen molar-refractivity contribution in [1.82, 2.24) is 4.90 Å². The van der Waals surface area contributed by atoms with E-state index in [2.05, 4.69) is 11.0 Å². The minimum atomic E-state index is -0.710. The lowest BCUT2D eigenvalue weighted by molar-refractivity contribution is -0.144. The third kappa shape index (κ3) is 2.07. The molecule has 1 saturated carbocycles. The smallest absolute Gasteiger partial charge is 0.325 e. The molecule has 1 aliphatic heterocycles. The topological polar surface area (TPSA) is 40.5 Å². The largest absolute Gasteiger partial charge is 0.480 e. The quantitative estimate of drug-likeness (QED) is 0.865. The molecule has 1 unspecified atom stereocenters. The minimum Gasteiger partial charge on any atom is -0.480 e. The van der Waals surface area contributed by atoms with Gasteiger partial charge in [0, 0.05) is 13.1 Å². The number of nitrogens with zero attached hydrogens (tertiary/aromatic N) is 1. The van der Waals surface area contributed by atoms with E-state index in [1.54, 1.807) is 0 Å². The van der Waals surface area contributed by atoms with E-state index in [0.717, 1.165) is 31.0 Å². The van der Waals surface area contributed by atoms with Gasteiger partial charge in [0.15, 0.2) is 0 Å². The Labute approximate surface area is 101 Å². The van der Waals surface area contributed by atoms with Gasteiger partial charge in [-0.1, -0.05) is 24.3 Å². The number of carboxylic acids is 1. The molecule has 0 bridgehead atoms. The SMILES string of the molecule is O=C(O)C1c2ccccc2CCN1CC1CC1. The Balaban J connectivity index is 1.91. The van der Waals surface area contributed by atoms with E-state index in [9.17, 15) is 9.90 Å². The van der Waals surface area contributed by atoms with Crippen LogP contribution < -0.4 is 0 Å². The van der Waals surface area contributed by atoms with Crippen molar-refractivity contribution < 1.29 is 9.90 Å². The van der Waals surface area contributed by atoms with Crippen molar-refractivity contribution in [1.29, 1.82) is 0 Å². The summed E-state index contributed by atoms with van der Waals surface area (Å²) in [5, 5.41) is 9.45. The van der Waals surface area contributed by atoms with Gasteiger partial charge in [-0.05, 0) is 36.3 Å². The van der Waals surface area contributed by atoms with E-state index < -0.39 is 12.0 Å². The zero-order valence-corrected chi connectivity index (χ0v) is 9.80. The van der Waals surface area contributed by atoms with Crippen LogP contribution in [-0.4, -0.2) is 29.1 Å².